The highest BCUT2D eigenvalue weighted by Gasteiger charge is 2.14. The van der Waals surface area contributed by atoms with Gasteiger partial charge >= 0.3 is 0 Å². The van der Waals surface area contributed by atoms with Crippen LogP contribution in [-0.4, -0.2) is 15.8 Å². The number of thiophene rings is 1. The van der Waals surface area contributed by atoms with Gasteiger partial charge in [0.25, 0.3) is 11.6 Å². The summed E-state index contributed by atoms with van der Waals surface area (Å²) in [7, 11) is 0. The van der Waals surface area contributed by atoms with Crippen LogP contribution < -0.4 is 5.32 Å². The number of non-ortho nitro benzene ring substituents is 1. The molecule has 1 aromatic carbocycles. The second kappa shape index (κ2) is 6.27. The molecule has 6 nitrogen and oxygen atoms in total. The van der Waals surface area contributed by atoms with E-state index in [1.165, 1.54) is 34.8 Å². The number of benzene rings is 1. The molecule has 0 saturated carbocycles. The van der Waals surface area contributed by atoms with Gasteiger partial charge in [0.05, 0.1) is 15.5 Å². The van der Waals surface area contributed by atoms with E-state index in [2.05, 4.69) is 10.3 Å². The van der Waals surface area contributed by atoms with Gasteiger partial charge < -0.3 is 0 Å². The van der Waals surface area contributed by atoms with E-state index < -0.39 is 4.92 Å². The van der Waals surface area contributed by atoms with Gasteiger partial charge in [-0.25, -0.2) is 4.98 Å². The molecule has 116 valence electrons. The summed E-state index contributed by atoms with van der Waals surface area (Å²) in [5.41, 5.74) is 2.17. The molecule has 0 aliphatic heterocycles. The minimum absolute atomic E-state index is 0.00953. The Morgan fingerprint density at radius 1 is 1.30 bits per heavy atom. The van der Waals surface area contributed by atoms with Gasteiger partial charge in [0, 0.05) is 23.1 Å². The second-order valence-electron chi connectivity index (χ2n) is 4.73. The average molecular weight is 345 g/mol. The van der Waals surface area contributed by atoms with Crippen LogP contribution in [0.15, 0.2) is 41.1 Å². The van der Waals surface area contributed by atoms with Gasteiger partial charge in [-0.2, -0.15) is 0 Å². The molecule has 23 heavy (non-hydrogen) atoms. The van der Waals surface area contributed by atoms with Crippen LogP contribution >= 0.6 is 22.7 Å². The number of hydrogen-bond acceptors (Lipinski definition) is 6. The number of aryl methyl sites for hydroxylation is 1. The number of anilines is 1. The van der Waals surface area contributed by atoms with E-state index in [1.54, 1.807) is 17.5 Å². The van der Waals surface area contributed by atoms with E-state index in [9.17, 15) is 14.9 Å². The number of nitro groups is 1. The number of carbonyl (C=O) groups excluding carboxylic acids is 1. The first kappa shape index (κ1) is 15.3. The Balaban J connectivity index is 1.81. The lowest BCUT2D eigenvalue weighted by atomic mass is 10.1. The van der Waals surface area contributed by atoms with E-state index >= 15 is 0 Å². The molecule has 0 aliphatic rings. The fourth-order valence-corrected chi connectivity index (χ4v) is 3.54. The number of aromatic nitrogens is 1. The highest BCUT2D eigenvalue weighted by atomic mass is 32.1. The molecule has 0 saturated heterocycles. The first-order valence-electron chi connectivity index (χ1n) is 6.60. The molecule has 0 atom stereocenters. The van der Waals surface area contributed by atoms with Crippen molar-refractivity contribution in [1.82, 2.24) is 4.98 Å². The second-order valence-corrected chi connectivity index (χ2v) is 6.51. The van der Waals surface area contributed by atoms with E-state index in [1.807, 2.05) is 18.4 Å². The van der Waals surface area contributed by atoms with Gasteiger partial charge in [-0.05, 0) is 23.9 Å². The van der Waals surface area contributed by atoms with Crippen molar-refractivity contribution in [3.63, 3.8) is 0 Å². The number of amides is 1. The molecule has 3 aromatic rings. The summed E-state index contributed by atoms with van der Waals surface area (Å²) in [6.45, 7) is 1.88. The molecular weight excluding hydrogens is 334 g/mol. The molecule has 3 rings (SSSR count). The molecule has 0 radical (unpaired) electrons. The Labute approximate surface area is 139 Å². The topological polar surface area (TPSA) is 85.1 Å². The highest BCUT2D eigenvalue weighted by Crippen LogP contribution is 2.28. The smallest absolute Gasteiger partial charge is 0.270 e. The predicted octanol–water partition coefficient (Wildman–Crippen LogP) is 4.34. The van der Waals surface area contributed by atoms with Gasteiger partial charge in [-0.1, -0.05) is 12.1 Å². The van der Waals surface area contributed by atoms with Crippen molar-refractivity contribution >= 4 is 39.4 Å². The van der Waals surface area contributed by atoms with Crippen LogP contribution in [0.2, 0.25) is 0 Å². The van der Waals surface area contributed by atoms with Crippen LogP contribution in [-0.2, 0) is 0 Å². The molecule has 8 heteroatoms. The summed E-state index contributed by atoms with van der Waals surface area (Å²) in [5.74, 6) is -0.197. The van der Waals surface area contributed by atoms with E-state index in [0.717, 1.165) is 5.56 Å². The Morgan fingerprint density at radius 2 is 2.13 bits per heavy atom. The lowest BCUT2D eigenvalue weighted by Crippen LogP contribution is -2.10. The van der Waals surface area contributed by atoms with Crippen molar-refractivity contribution in [3.05, 3.63) is 61.6 Å². The quantitative estimate of drug-likeness (QED) is 0.563. The van der Waals surface area contributed by atoms with Crippen LogP contribution in [0.25, 0.3) is 11.3 Å². The largest absolute Gasteiger partial charge is 0.297 e. The maximum atomic E-state index is 12.2. The number of carbonyl (C=O) groups is 1. The predicted molar refractivity (Wildman–Crippen MR) is 91.2 cm³/mol. The monoisotopic (exact) mass is 345 g/mol. The Hall–Kier alpha value is -2.58. The Bertz CT molecular complexity index is 885. The molecule has 2 aromatic heterocycles. The standard InChI is InChI=1S/C15H11N3O3S2/c1-9-5-6-22-13(9)14(19)17-15-16-12(8-23-15)10-3-2-4-11(7-10)18(20)21/h2-8H,1H3,(H,16,17,19). The van der Waals surface area contributed by atoms with Crippen LogP contribution in [0.5, 0.6) is 0 Å². The van der Waals surface area contributed by atoms with Crippen molar-refractivity contribution in [2.75, 3.05) is 5.32 Å². The molecule has 1 amide bonds. The molecule has 0 unspecified atom stereocenters. The summed E-state index contributed by atoms with van der Waals surface area (Å²) in [5, 5.41) is 17.7. The minimum Gasteiger partial charge on any atom is -0.297 e. The molecule has 0 fully saturated rings. The Kier molecular flexibility index (Phi) is 4.18. The van der Waals surface area contributed by atoms with Crippen molar-refractivity contribution in [1.29, 1.82) is 0 Å². The van der Waals surface area contributed by atoms with E-state index in [4.69, 9.17) is 0 Å². The van der Waals surface area contributed by atoms with Gasteiger partial charge in [0.1, 0.15) is 0 Å². The zero-order valence-electron chi connectivity index (χ0n) is 12.0. The van der Waals surface area contributed by atoms with Crippen molar-refractivity contribution < 1.29 is 9.72 Å². The summed E-state index contributed by atoms with van der Waals surface area (Å²) >= 11 is 2.66. The van der Waals surface area contributed by atoms with E-state index in [-0.39, 0.29) is 11.6 Å². The van der Waals surface area contributed by atoms with Crippen LogP contribution in [0, 0.1) is 17.0 Å². The first-order chi connectivity index (χ1) is 11.0. The van der Waals surface area contributed by atoms with Crippen molar-refractivity contribution in [2.24, 2.45) is 0 Å². The molecule has 2 heterocycles. The summed E-state index contributed by atoms with van der Waals surface area (Å²) in [4.78, 5) is 27.5. The summed E-state index contributed by atoms with van der Waals surface area (Å²) in [6, 6.07) is 8.13. The van der Waals surface area contributed by atoms with Crippen LogP contribution in [0.3, 0.4) is 0 Å². The summed E-state index contributed by atoms with van der Waals surface area (Å²) < 4.78 is 0. The number of nitro benzene ring substituents is 1. The fourth-order valence-electron chi connectivity index (χ4n) is 2.00. The van der Waals surface area contributed by atoms with Gasteiger partial charge in [0.2, 0.25) is 0 Å². The third-order valence-corrected chi connectivity index (χ3v) is 4.92. The summed E-state index contributed by atoms with van der Waals surface area (Å²) in [6.07, 6.45) is 0. The van der Waals surface area contributed by atoms with E-state index in [0.29, 0.717) is 21.3 Å². The third kappa shape index (κ3) is 3.27. The van der Waals surface area contributed by atoms with Crippen LogP contribution in [0.1, 0.15) is 15.2 Å². The number of nitrogens with zero attached hydrogens (tertiary/aromatic N) is 2. The number of thiazole rings is 1. The lowest BCUT2D eigenvalue weighted by molar-refractivity contribution is -0.384. The maximum Gasteiger partial charge on any atom is 0.270 e. The van der Waals surface area contributed by atoms with Crippen molar-refractivity contribution in [2.45, 2.75) is 6.92 Å². The zero-order chi connectivity index (χ0) is 16.4. The lowest BCUT2D eigenvalue weighted by Gasteiger charge is -2.00. The third-order valence-electron chi connectivity index (χ3n) is 3.15. The molecular formula is C15H11N3O3S2. The average Bonchev–Trinajstić information content (AvgIpc) is 3.16. The van der Waals surface area contributed by atoms with Gasteiger partial charge in [0.15, 0.2) is 5.13 Å². The maximum absolute atomic E-state index is 12.2. The molecule has 0 aliphatic carbocycles. The Morgan fingerprint density at radius 3 is 2.83 bits per heavy atom. The normalized spacial score (nSPS) is 10.5. The van der Waals surface area contributed by atoms with Gasteiger partial charge in [-0.15, -0.1) is 22.7 Å². The number of nitrogens with one attached hydrogen (secondary N) is 1. The fraction of sp³-hybridized carbons (Fsp3) is 0.0667. The highest BCUT2D eigenvalue weighted by molar-refractivity contribution is 7.14. The molecule has 0 spiro atoms. The molecule has 1 N–H and O–H groups in total. The number of rotatable bonds is 4. The first-order valence-corrected chi connectivity index (χ1v) is 8.36. The number of hydrogen-bond donors (Lipinski definition) is 1. The molecule has 0 bridgehead atoms. The SMILES string of the molecule is Cc1ccsc1C(=O)Nc1nc(-c2cccc([N+](=O)[O-])c2)cs1. The zero-order valence-corrected chi connectivity index (χ0v) is 13.6. The van der Waals surface area contributed by atoms with Crippen molar-refractivity contribution in [3.8, 4) is 11.3 Å². The van der Waals surface area contributed by atoms with Crippen LogP contribution in [0.4, 0.5) is 10.8 Å². The van der Waals surface area contributed by atoms with Gasteiger partial charge in [-0.3, -0.25) is 20.2 Å². The minimum atomic E-state index is -0.446.